The van der Waals surface area contributed by atoms with E-state index in [1.807, 2.05) is 98.0 Å². The van der Waals surface area contributed by atoms with Gasteiger partial charge in [-0.3, -0.25) is 9.13 Å². The van der Waals surface area contributed by atoms with Crippen LogP contribution in [0.5, 0.6) is 0 Å². The Morgan fingerprint density at radius 1 is 0.452 bits per heavy atom. The van der Waals surface area contributed by atoms with Crippen molar-refractivity contribution < 1.29 is 0 Å². The molecule has 0 N–H and O–H groups in total. The fraction of sp³-hybridized carbons (Fsp3) is 0.0556. The van der Waals surface area contributed by atoms with Gasteiger partial charge in [-0.15, -0.1) is 0 Å². The fourth-order valence-electron chi connectivity index (χ4n) is 5.46. The molecule has 6 heteroatoms. The van der Waals surface area contributed by atoms with Crippen LogP contribution in [0.25, 0.3) is 67.5 Å². The predicted molar refractivity (Wildman–Crippen MR) is 169 cm³/mol. The van der Waals surface area contributed by atoms with E-state index in [9.17, 15) is 4.79 Å². The van der Waals surface area contributed by atoms with Crippen LogP contribution in [0.1, 0.15) is 0 Å². The molecule has 2 aromatic heterocycles. The van der Waals surface area contributed by atoms with Crippen molar-refractivity contribution in [1.82, 2.24) is 24.1 Å². The molecule has 0 amide bonds. The average molecular weight is 546 g/mol. The molecule has 0 radical (unpaired) electrons. The van der Waals surface area contributed by atoms with Gasteiger partial charge in [0.2, 0.25) is 0 Å². The molecule has 6 nitrogen and oxygen atoms in total. The van der Waals surface area contributed by atoms with E-state index in [0.29, 0.717) is 17.5 Å². The zero-order chi connectivity index (χ0) is 28.6. The third kappa shape index (κ3) is 4.49. The molecule has 0 spiro atoms. The summed E-state index contributed by atoms with van der Waals surface area (Å²) in [5.41, 5.74) is 8.61. The first-order valence-electron chi connectivity index (χ1n) is 13.8. The van der Waals surface area contributed by atoms with E-state index in [-0.39, 0.29) is 5.69 Å². The second-order valence-electron chi connectivity index (χ2n) is 10.3. The van der Waals surface area contributed by atoms with E-state index in [1.165, 1.54) is 0 Å². The van der Waals surface area contributed by atoms with Gasteiger partial charge in [-0.1, -0.05) is 109 Å². The molecule has 0 atom stereocenters. The summed E-state index contributed by atoms with van der Waals surface area (Å²) in [4.78, 5) is 27.6. The maximum Gasteiger partial charge on any atom is 0.328 e. The molecule has 5 aromatic carbocycles. The molecule has 42 heavy (non-hydrogen) atoms. The van der Waals surface area contributed by atoms with Gasteiger partial charge in [0.05, 0.1) is 11.0 Å². The van der Waals surface area contributed by atoms with Crippen molar-refractivity contribution in [2.24, 2.45) is 14.1 Å². The topological polar surface area (TPSA) is 65.6 Å². The van der Waals surface area contributed by atoms with Crippen molar-refractivity contribution >= 4 is 11.0 Å². The summed E-state index contributed by atoms with van der Waals surface area (Å²) in [6.45, 7) is 0. The number of benzene rings is 5. The lowest BCUT2D eigenvalue weighted by atomic mass is 10.0. The van der Waals surface area contributed by atoms with E-state index >= 15 is 0 Å². The molecule has 202 valence electrons. The first kappa shape index (κ1) is 25.4. The maximum absolute atomic E-state index is 12.7. The van der Waals surface area contributed by atoms with Gasteiger partial charge in [0.25, 0.3) is 0 Å². The van der Waals surface area contributed by atoms with Crippen LogP contribution in [0, 0.1) is 0 Å². The van der Waals surface area contributed by atoms with E-state index in [2.05, 4.69) is 36.4 Å². The zero-order valence-electron chi connectivity index (χ0n) is 23.3. The quantitative estimate of drug-likeness (QED) is 0.226. The van der Waals surface area contributed by atoms with Gasteiger partial charge >= 0.3 is 5.69 Å². The molecule has 0 fully saturated rings. The Kier molecular flexibility index (Phi) is 6.28. The Bertz CT molecular complexity index is 2130. The molecule has 0 saturated heterocycles. The minimum atomic E-state index is -0.0547. The molecule has 0 bridgehead atoms. The Labute approximate surface area is 243 Å². The predicted octanol–water partition coefficient (Wildman–Crippen LogP) is 7.40. The second-order valence-corrected chi connectivity index (χ2v) is 10.3. The van der Waals surface area contributed by atoms with Crippen molar-refractivity contribution in [3.05, 3.63) is 138 Å². The van der Waals surface area contributed by atoms with E-state index < -0.39 is 0 Å². The van der Waals surface area contributed by atoms with Gasteiger partial charge < -0.3 is 0 Å². The Balaban J connectivity index is 1.39. The van der Waals surface area contributed by atoms with Crippen molar-refractivity contribution in [2.75, 3.05) is 0 Å². The van der Waals surface area contributed by atoms with Gasteiger partial charge in [0.1, 0.15) is 0 Å². The van der Waals surface area contributed by atoms with Crippen LogP contribution in [-0.4, -0.2) is 24.1 Å². The molecule has 0 aliphatic heterocycles. The van der Waals surface area contributed by atoms with Crippen molar-refractivity contribution in [3.8, 4) is 56.4 Å². The van der Waals surface area contributed by atoms with Gasteiger partial charge in [-0.05, 0) is 34.9 Å². The summed E-state index contributed by atoms with van der Waals surface area (Å²) in [6.07, 6.45) is 0. The standard InChI is InChI=1S/C36H27N5O/c1-40-31-21-11-20-30(32(31)41(2)36(40)42)27-17-10-19-29(23-27)35-38-33(25-14-7-4-8-15-25)37-34(39-35)28-18-9-16-26(22-28)24-12-5-3-6-13-24/h3-23H,1-2H3. The summed E-state index contributed by atoms with van der Waals surface area (Å²) in [5.74, 6) is 1.80. The first-order chi connectivity index (χ1) is 20.6. The van der Waals surface area contributed by atoms with Crippen molar-refractivity contribution in [2.45, 2.75) is 0 Å². The summed E-state index contributed by atoms with van der Waals surface area (Å²) in [7, 11) is 3.61. The van der Waals surface area contributed by atoms with Gasteiger partial charge in [0.15, 0.2) is 17.5 Å². The number of hydrogen-bond donors (Lipinski definition) is 0. The summed E-state index contributed by atoms with van der Waals surface area (Å²) in [6, 6.07) is 42.7. The van der Waals surface area contributed by atoms with Crippen LogP contribution < -0.4 is 5.69 Å². The molecule has 0 aliphatic rings. The highest BCUT2D eigenvalue weighted by atomic mass is 16.1. The number of rotatable bonds is 5. The van der Waals surface area contributed by atoms with E-state index in [0.717, 1.165) is 50.0 Å². The van der Waals surface area contributed by atoms with Crippen LogP contribution in [0.3, 0.4) is 0 Å². The molecule has 2 heterocycles. The minimum absolute atomic E-state index is 0.0547. The highest BCUT2D eigenvalue weighted by Gasteiger charge is 2.16. The van der Waals surface area contributed by atoms with Gasteiger partial charge in [0, 0.05) is 36.3 Å². The first-order valence-corrected chi connectivity index (χ1v) is 13.8. The number of para-hydroxylation sites is 1. The monoisotopic (exact) mass is 545 g/mol. The molecule has 7 rings (SSSR count). The lowest BCUT2D eigenvalue weighted by Crippen LogP contribution is -2.19. The molecular formula is C36H27N5O. The highest BCUT2D eigenvalue weighted by Crippen LogP contribution is 2.32. The second kappa shape index (κ2) is 10.4. The maximum atomic E-state index is 12.7. The Morgan fingerprint density at radius 2 is 0.929 bits per heavy atom. The normalized spacial score (nSPS) is 11.2. The van der Waals surface area contributed by atoms with Crippen molar-refractivity contribution in [1.29, 1.82) is 0 Å². The molecule has 0 aliphatic carbocycles. The van der Waals surface area contributed by atoms with Crippen molar-refractivity contribution in [3.63, 3.8) is 0 Å². The summed E-state index contributed by atoms with van der Waals surface area (Å²) in [5, 5.41) is 0. The molecular weight excluding hydrogens is 518 g/mol. The Morgan fingerprint density at radius 3 is 1.57 bits per heavy atom. The van der Waals surface area contributed by atoms with Crippen LogP contribution >= 0.6 is 0 Å². The zero-order valence-corrected chi connectivity index (χ0v) is 23.3. The fourth-order valence-corrected chi connectivity index (χ4v) is 5.46. The minimum Gasteiger partial charge on any atom is -0.295 e. The lowest BCUT2D eigenvalue weighted by Gasteiger charge is -2.11. The van der Waals surface area contributed by atoms with E-state index in [1.54, 1.807) is 16.2 Å². The number of aromatic nitrogens is 5. The SMILES string of the molecule is Cn1c(=O)n(C)c2c(-c3cccc(-c4nc(-c5ccccc5)nc(-c5cccc(-c6ccccc6)c5)n4)c3)cccc21. The lowest BCUT2D eigenvalue weighted by molar-refractivity contribution is 0.795. The smallest absolute Gasteiger partial charge is 0.295 e. The molecule has 0 unspecified atom stereocenters. The third-order valence-corrected chi connectivity index (χ3v) is 7.61. The number of nitrogens with zero attached hydrogens (tertiary/aromatic N) is 5. The molecule has 0 saturated carbocycles. The number of aryl methyl sites for hydroxylation is 2. The number of imidazole rings is 1. The largest absolute Gasteiger partial charge is 0.328 e. The van der Waals surface area contributed by atoms with Crippen LogP contribution in [0.2, 0.25) is 0 Å². The summed E-state index contributed by atoms with van der Waals surface area (Å²) >= 11 is 0. The van der Waals surface area contributed by atoms with E-state index in [4.69, 9.17) is 15.0 Å². The highest BCUT2D eigenvalue weighted by molar-refractivity contribution is 5.93. The third-order valence-electron chi connectivity index (χ3n) is 7.61. The number of fused-ring (bicyclic) bond motifs is 1. The molecule has 7 aromatic rings. The van der Waals surface area contributed by atoms with Crippen LogP contribution in [-0.2, 0) is 14.1 Å². The van der Waals surface area contributed by atoms with Gasteiger partial charge in [-0.25, -0.2) is 19.7 Å². The van der Waals surface area contributed by atoms with Crippen LogP contribution in [0.15, 0.2) is 132 Å². The van der Waals surface area contributed by atoms with Crippen LogP contribution in [0.4, 0.5) is 0 Å². The summed E-state index contributed by atoms with van der Waals surface area (Å²) < 4.78 is 3.38. The van der Waals surface area contributed by atoms with Gasteiger partial charge in [-0.2, -0.15) is 0 Å². The average Bonchev–Trinajstić information content (AvgIpc) is 3.29. The number of hydrogen-bond acceptors (Lipinski definition) is 4. The Hall–Kier alpha value is -5.62.